The molecule has 1 N–H and O–H groups in total. The molecule has 32 heavy (non-hydrogen) atoms. The average Bonchev–Trinajstić information content (AvgIpc) is 3.14. The minimum absolute atomic E-state index is 0.105. The van der Waals surface area contributed by atoms with Gasteiger partial charge in [0.15, 0.2) is 0 Å². The van der Waals surface area contributed by atoms with Crippen LogP contribution in [0.5, 0.6) is 0 Å². The van der Waals surface area contributed by atoms with Gasteiger partial charge in [-0.15, -0.1) is 11.3 Å². The minimum atomic E-state index is -0.274. The van der Waals surface area contributed by atoms with Crippen LogP contribution in [0.25, 0.3) is 31.7 Å². The summed E-state index contributed by atoms with van der Waals surface area (Å²) in [5.74, 6) is -0.274. The Labute approximate surface area is 188 Å². The van der Waals surface area contributed by atoms with Crippen LogP contribution in [0.1, 0.15) is 11.1 Å². The minimum Gasteiger partial charge on any atom is -0.325 e. The molecule has 0 atom stereocenters. The predicted octanol–water partition coefficient (Wildman–Crippen LogP) is 4.93. The molecule has 0 aliphatic carbocycles. The molecule has 0 unspecified atom stereocenters. The zero-order chi connectivity index (χ0) is 22.2. The summed E-state index contributed by atoms with van der Waals surface area (Å²) in [6.45, 7) is 3.85. The number of aromatic nitrogens is 3. The van der Waals surface area contributed by atoms with Gasteiger partial charge in [0, 0.05) is 16.6 Å². The second kappa shape index (κ2) is 8.01. The second-order valence-electron chi connectivity index (χ2n) is 7.80. The smallest absolute Gasteiger partial charge is 0.271 e. The molecule has 3 aromatic heterocycles. The molecule has 7 heteroatoms. The van der Waals surface area contributed by atoms with Crippen molar-refractivity contribution in [1.29, 1.82) is 0 Å². The number of thiophene rings is 1. The fourth-order valence-electron chi connectivity index (χ4n) is 3.83. The number of rotatable bonds is 4. The molecule has 0 fully saturated rings. The second-order valence-corrected chi connectivity index (χ2v) is 8.80. The highest BCUT2D eigenvalue weighted by Gasteiger charge is 2.15. The maximum atomic E-state index is 13.1. The molecule has 3 heterocycles. The van der Waals surface area contributed by atoms with Crippen molar-refractivity contribution in [3.8, 4) is 11.3 Å². The molecule has 0 bridgehead atoms. The molecule has 1 amide bonds. The van der Waals surface area contributed by atoms with E-state index in [2.05, 4.69) is 10.3 Å². The fraction of sp³-hybridized carbons (Fsp3) is 0.120. The van der Waals surface area contributed by atoms with Gasteiger partial charge in [-0.2, -0.15) is 0 Å². The predicted molar refractivity (Wildman–Crippen MR) is 129 cm³/mol. The highest BCUT2D eigenvalue weighted by atomic mass is 32.1. The molecule has 0 saturated heterocycles. The number of nitrogens with zero attached hydrogens (tertiary/aromatic N) is 3. The van der Waals surface area contributed by atoms with E-state index in [1.165, 1.54) is 22.2 Å². The monoisotopic (exact) mass is 440 g/mol. The third-order valence-electron chi connectivity index (χ3n) is 5.20. The first-order valence-corrected chi connectivity index (χ1v) is 11.0. The van der Waals surface area contributed by atoms with Crippen LogP contribution in [-0.4, -0.2) is 20.4 Å². The molecule has 2 aromatic carbocycles. The van der Waals surface area contributed by atoms with Crippen molar-refractivity contribution in [3.05, 3.63) is 88.5 Å². The first-order chi connectivity index (χ1) is 15.5. The SMILES string of the molecule is Cc1cc(C)cc(NC(=O)Cn2cnc3c(sc4nc(-c5ccccc5)ccc43)c2=O)c1. The largest absolute Gasteiger partial charge is 0.325 e. The van der Waals surface area contributed by atoms with Crippen LogP contribution >= 0.6 is 11.3 Å². The molecule has 5 rings (SSSR count). The van der Waals surface area contributed by atoms with E-state index in [4.69, 9.17) is 4.98 Å². The van der Waals surface area contributed by atoms with E-state index in [1.54, 1.807) is 0 Å². The normalized spacial score (nSPS) is 11.2. The quantitative estimate of drug-likeness (QED) is 0.430. The summed E-state index contributed by atoms with van der Waals surface area (Å²) in [6, 6.07) is 19.6. The maximum Gasteiger partial charge on any atom is 0.271 e. The summed E-state index contributed by atoms with van der Waals surface area (Å²) in [5, 5.41) is 3.71. The Bertz CT molecular complexity index is 1520. The number of aryl methyl sites for hydroxylation is 2. The molecule has 0 saturated carbocycles. The van der Waals surface area contributed by atoms with Gasteiger partial charge in [0.1, 0.15) is 16.1 Å². The van der Waals surface area contributed by atoms with Gasteiger partial charge in [-0.3, -0.25) is 14.2 Å². The Kier molecular flexibility index (Phi) is 5.03. The molecule has 0 aliphatic rings. The number of hydrogen-bond donors (Lipinski definition) is 1. The van der Waals surface area contributed by atoms with Gasteiger partial charge in [-0.05, 0) is 49.2 Å². The van der Waals surface area contributed by atoms with Crippen molar-refractivity contribution >= 4 is 43.4 Å². The fourth-order valence-corrected chi connectivity index (χ4v) is 4.91. The summed E-state index contributed by atoms with van der Waals surface area (Å²) in [5.41, 5.74) is 5.08. The lowest BCUT2D eigenvalue weighted by molar-refractivity contribution is -0.116. The summed E-state index contributed by atoms with van der Waals surface area (Å²) in [7, 11) is 0. The van der Waals surface area contributed by atoms with E-state index in [0.29, 0.717) is 15.9 Å². The summed E-state index contributed by atoms with van der Waals surface area (Å²) < 4.78 is 1.84. The number of hydrogen-bond acceptors (Lipinski definition) is 5. The van der Waals surface area contributed by atoms with Crippen molar-refractivity contribution in [2.24, 2.45) is 0 Å². The number of amides is 1. The van der Waals surface area contributed by atoms with Crippen LogP contribution in [0, 0.1) is 13.8 Å². The van der Waals surface area contributed by atoms with E-state index in [-0.39, 0.29) is 18.0 Å². The van der Waals surface area contributed by atoms with Crippen LogP contribution in [0.4, 0.5) is 5.69 Å². The van der Waals surface area contributed by atoms with Crippen molar-refractivity contribution in [2.75, 3.05) is 5.32 Å². The Balaban J connectivity index is 1.47. The number of fused-ring (bicyclic) bond motifs is 3. The highest BCUT2D eigenvalue weighted by Crippen LogP contribution is 2.31. The number of carbonyl (C=O) groups excluding carboxylic acids is 1. The van der Waals surface area contributed by atoms with Crippen LogP contribution in [0.15, 0.2) is 71.8 Å². The van der Waals surface area contributed by atoms with Gasteiger partial charge in [-0.1, -0.05) is 36.4 Å². The van der Waals surface area contributed by atoms with Crippen molar-refractivity contribution < 1.29 is 4.79 Å². The molecule has 6 nitrogen and oxygen atoms in total. The Hall–Kier alpha value is -3.84. The topological polar surface area (TPSA) is 76.9 Å². The first kappa shape index (κ1) is 20.1. The average molecular weight is 441 g/mol. The molecule has 158 valence electrons. The number of nitrogens with one attached hydrogen (secondary N) is 1. The third kappa shape index (κ3) is 3.78. The molecule has 5 aromatic rings. The Morgan fingerprint density at radius 3 is 2.53 bits per heavy atom. The van der Waals surface area contributed by atoms with Crippen LogP contribution in [-0.2, 0) is 11.3 Å². The lowest BCUT2D eigenvalue weighted by atomic mass is 10.1. The van der Waals surface area contributed by atoms with Crippen LogP contribution < -0.4 is 10.9 Å². The van der Waals surface area contributed by atoms with E-state index in [1.807, 2.05) is 74.5 Å². The first-order valence-electron chi connectivity index (χ1n) is 10.2. The zero-order valence-electron chi connectivity index (χ0n) is 17.6. The van der Waals surface area contributed by atoms with Gasteiger partial charge in [0.2, 0.25) is 5.91 Å². The summed E-state index contributed by atoms with van der Waals surface area (Å²) >= 11 is 1.31. The lowest BCUT2D eigenvalue weighted by Gasteiger charge is -2.09. The van der Waals surface area contributed by atoms with Crippen molar-refractivity contribution in [2.45, 2.75) is 20.4 Å². The number of anilines is 1. The van der Waals surface area contributed by atoms with Gasteiger partial charge in [0.05, 0.1) is 17.5 Å². The summed E-state index contributed by atoms with van der Waals surface area (Å²) in [4.78, 5) is 35.6. The highest BCUT2D eigenvalue weighted by molar-refractivity contribution is 7.25. The number of carbonyl (C=O) groups is 1. The number of benzene rings is 2. The Morgan fingerprint density at radius 2 is 1.78 bits per heavy atom. The van der Waals surface area contributed by atoms with Crippen molar-refractivity contribution in [1.82, 2.24) is 14.5 Å². The van der Waals surface area contributed by atoms with Gasteiger partial charge in [0.25, 0.3) is 5.56 Å². The zero-order valence-corrected chi connectivity index (χ0v) is 18.4. The molecular formula is C25H20N4O2S. The molecule has 0 aliphatic heterocycles. The summed E-state index contributed by atoms with van der Waals surface area (Å²) in [6.07, 6.45) is 1.43. The standard InChI is InChI=1S/C25H20N4O2S/c1-15-10-16(2)12-18(11-15)27-21(30)13-29-14-26-22-19-8-9-20(17-6-4-3-5-7-17)28-24(19)32-23(22)25(29)31/h3-12,14H,13H2,1-2H3,(H,27,30). The van der Waals surface area contributed by atoms with E-state index in [0.717, 1.165) is 32.6 Å². The number of pyridine rings is 1. The van der Waals surface area contributed by atoms with Crippen LogP contribution in [0.3, 0.4) is 0 Å². The van der Waals surface area contributed by atoms with Gasteiger partial charge in [-0.25, -0.2) is 9.97 Å². The third-order valence-corrected chi connectivity index (χ3v) is 6.28. The van der Waals surface area contributed by atoms with Gasteiger partial charge < -0.3 is 5.32 Å². The van der Waals surface area contributed by atoms with E-state index in [9.17, 15) is 9.59 Å². The van der Waals surface area contributed by atoms with Crippen molar-refractivity contribution in [3.63, 3.8) is 0 Å². The van der Waals surface area contributed by atoms with E-state index >= 15 is 0 Å². The Morgan fingerprint density at radius 1 is 1.03 bits per heavy atom. The maximum absolute atomic E-state index is 13.1. The molecule has 0 spiro atoms. The molecular weight excluding hydrogens is 420 g/mol. The van der Waals surface area contributed by atoms with Gasteiger partial charge >= 0.3 is 0 Å². The van der Waals surface area contributed by atoms with E-state index < -0.39 is 0 Å². The molecule has 0 radical (unpaired) electrons. The van der Waals surface area contributed by atoms with Crippen LogP contribution in [0.2, 0.25) is 0 Å². The lowest BCUT2D eigenvalue weighted by Crippen LogP contribution is -2.27.